The zero-order valence-corrected chi connectivity index (χ0v) is 14.1. The first-order valence-corrected chi connectivity index (χ1v) is 8.35. The molecule has 2 heterocycles. The first-order valence-electron chi connectivity index (χ1n) is 7.47. The van der Waals surface area contributed by atoms with Crippen molar-refractivity contribution in [3.05, 3.63) is 41.5 Å². The van der Waals surface area contributed by atoms with Crippen molar-refractivity contribution in [1.82, 2.24) is 20.2 Å². The number of halogens is 1. The fourth-order valence-electron chi connectivity index (χ4n) is 2.46. The van der Waals surface area contributed by atoms with Gasteiger partial charge in [0.25, 0.3) is 0 Å². The van der Waals surface area contributed by atoms with Crippen LogP contribution in [0.25, 0.3) is 0 Å². The highest BCUT2D eigenvalue weighted by Crippen LogP contribution is 2.36. The van der Waals surface area contributed by atoms with Crippen molar-refractivity contribution in [3.8, 4) is 0 Å². The highest BCUT2D eigenvalue weighted by molar-refractivity contribution is 8.00. The summed E-state index contributed by atoms with van der Waals surface area (Å²) in [7, 11) is 1.58. The second-order valence-corrected chi connectivity index (χ2v) is 6.45. The molecule has 1 aliphatic heterocycles. The Hall–Kier alpha value is -2.13. The molecule has 0 saturated carbocycles. The number of ether oxygens (including phenoxy) is 1. The quantitative estimate of drug-likeness (QED) is 0.789. The summed E-state index contributed by atoms with van der Waals surface area (Å²) in [6.45, 7) is 2.69. The minimum Gasteiger partial charge on any atom is -0.383 e. The highest BCUT2D eigenvalue weighted by atomic mass is 32.2. The summed E-state index contributed by atoms with van der Waals surface area (Å²) in [5, 5.41) is 11.1. The van der Waals surface area contributed by atoms with E-state index in [4.69, 9.17) is 4.74 Å². The molecule has 0 fully saturated rings. The van der Waals surface area contributed by atoms with E-state index in [9.17, 15) is 9.18 Å². The summed E-state index contributed by atoms with van der Waals surface area (Å²) in [4.78, 5) is 12.6. The first kappa shape index (κ1) is 16.7. The Kier molecular flexibility index (Phi) is 5.00. The lowest BCUT2D eigenvalue weighted by molar-refractivity contribution is -0.121. The predicted molar refractivity (Wildman–Crippen MR) is 87.8 cm³/mol. The third kappa shape index (κ3) is 3.36. The Bertz CT molecular complexity index is 721. The first-order chi connectivity index (χ1) is 11.6. The number of carbonyl (C=O) groups is 1. The summed E-state index contributed by atoms with van der Waals surface area (Å²) in [6, 6.07) is 5.79. The van der Waals surface area contributed by atoms with Crippen molar-refractivity contribution >= 4 is 17.7 Å². The normalized spacial score (nSPS) is 19.5. The van der Waals surface area contributed by atoms with Crippen molar-refractivity contribution in [3.63, 3.8) is 0 Å². The van der Waals surface area contributed by atoms with E-state index in [0.29, 0.717) is 24.1 Å². The molecule has 0 aliphatic carbocycles. The fraction of sp³-hybridized carbons (Fsp3) is 0.400. The van der Waals surface area contributed by atoms with Gasteiger partial charge in [0, 0.05) is 13.7 Å². The highest BCUT2D eigenvalue weighted by Gasteiger charge is 2.37. The molecule has 1 amide bonds. The largest absolute Gasteiger partial charge is 0.383 e. The van der Waals surface area contributed by atoms with Gasteiger partial charge in [-0.2, -0.15) is 0 Å². The maximum atomic E-state index is 13.2. The molecular weight excluding hydrogens is 333 g/mol. The van der Waals surface area contributed by atoms with Gasteiger partial charge in [0.2, 0.25) is 11.1 Å². The number of benzene rings is 1. The Labute approximate surface area is 142 Å². The molecule has 0 bridgehead atoms. The Morgan fingerprint density at radius 2 is 2.17 bits per heavy atom. The minimum atomic E-state index is -0.455. The van der Waals surface area contributed by atoms with Gasteiger partial charge in [-0.25, -0.2) is 9.07 Å². The average Bonchev–Trinajstić information content (AvgIpc) is 2.95. The Balaban J connectivity index is 1.87. The van der Waals surface area contributed by atoms with Crippen LogP contribution >= 0.6 is 11.8 Å². The number of carbonyl (C=O) groups excluding carboxylic acids is 1. The summed E-state index contributed by atoms with van der Waals surface area (Å²) >= 11 is 1.33. The number of amides is 1. The lowest BCUT2D eigenvalue weighted by Gasteiger charge is -2.32. The van der Waals surface area contributed by atoms with Crippen molar-refractivity contribution in [2.24, 2.45) is 0 Å². The molecule has 2 aromatic rings. The molecule has 0 saturated heterocycles. The Morgan fingerprint density at radius 3 is 2.88 bits per heavy atom. The maximum Gasteiger partial charge on any atom is 0.236 e. The molecule has 128 valence electrons. The van der Waals surface area contributed by atoms with E-state index >= 15 is 0 Å². The van der Waals surface area contributed by atoms with Gasteiger partial charge in [0.05, 0.1) is 12.6 Å². The number of nitrogens with one attached hydrogen (secondary N) is 2. The van der Waals surface area contributed by atoms with Crippen molar-refractivity contribution in [1.29, 1.82) is 0 Å². The van der Waals surface area contributed by atoms with Crippen LogP contribution in [-0.2, 0) is 9.53 Å². The van der Waals surface area contributed by atoms with E-state index < -0.39 is 5.25 Å². The van der Waals surface area contributed by atoms with Crippen LogP contribution in [0.15, 0.2) is 29.4 Å². The summed E-state index contributed by atoms with van der Waals surface area (Å²) in [6.07, 6.45) is 0. The standard InChI is InChI=1S/C15H18FN5O2S/c1-9-18-19-15-21(9)20-12(10-3-5-11(16)6-4-10)13(24-15)14(22)17-7-8-23-2/h3-6,12-13,20H,7-8H2,1-2H3,(H,17,22)/t12-,13+/m0/s1. The van der Waals surface area contributed by atoms with Gasteiger partial charge in [-0.05, 0) is 24.6 Å². The van der Waals surface area contributed by atoms with E-state index in [0.717, 1.165) is 5.56 Å². The SMILES string of the molecule is COCCNC(=O)[C@@H]1Sc2nnc(C)n2N[C@H]1c1ccc(F)cc1. The van der Waals surface area contributed by atoms with Crippen LogP contribution in [-0.4, -0.2) is 46.3 Å². The van der Waals surface area contributed by atoms with E-state index in [1.807, 2.05) is 6.92 Å². The average molecular weight is 351 g/mol. The molecule has 2 atom stereocenters. The molecule has 3 rings (SSSR count). The van der Waals surface area contributed by atoms with Gasteiger partial charge in [0.1, 0.15) is 16.9 Å². The number of nitrogens with zero attached hydrogens (tertiary/aromatic N) is 3. The van der Waals surface area contributed by atoms with Crippen LogP contribution in [0.2, 0.25) is 0 Å². The van der Waals surface area contributed by atoms with E-state index in [1.165, 1.54) is 23.9 Å². The number of hydrogen-bond acceptors (Lipinski definition) is 6. The fourth-order valence-corrected chi connectivity index (χ4v) is 3.61. The summed E-state index contributed by atoms with van der Waals surface area (Å²) in [5.74, 6) is 0.248. The second-order valence-electron chi connectivity index (χ2n) is 5.35. The summed E-state index contributed by atoms with van der Waals surface area (Å²) < 4.78 is 19.9. The predicted octanol–water partition coefficient (Wildman–Crippen LogP) is 1.25. The van der Waals surface area contributed by atoms with E-state index in [1.54, 1.807) is 23.9 Å². The summed E-state index contributed by atoms with van der Waals surface area (Å²) in [5.41, 5.74) is 4.07. The molecule has 1 aromatic carbocycles. The monoisotopic (exact) mass is 351 g/mol. The van der Waals surface area contributed by atoms with E-state index in [2.05, 4.69) is 20.9 Å². The molecule has 0 spiro atoms. The van der Waals surface area contributed by atoms with Gasteiger partial charge in [-0.15, -0.1) is 10.2 Å². The lowest BCUT2D eigenvalue weighted by Crippen LogP contribution is -2.44. The third-order valence-electron chi connectivity index (χ3n) is 3.69. The molecule has 0 radical (unpaired) electrons. The van der Waals surface area contributed by atoms with Crippen molar-refractivity contribution < 1.29 is 13.9 Å². The van der Waals surface area contributed by atoms with Gasteiger partial charge in [-0.3, -0.25) is 4.79 Å². The number of aromatic nitrogens is 3. The van der Waals surface area contributed by atoms with E-state index in [-0.39, 0.29) is 17.8 Å². The molecule has 1 aliphatic rings. The smallest absolute Gasteiger partial charge is 0.236 e. The zero-order chi connectivity index (χ0) is 17.1. The second kappa shape index (κ2) is 7.18. The van der Waals surface area contributed by atoms with Crippen LogP contribution in [0.3, 0.4) is 0 Å². The van der Waals surface area contributed by atoms with Gasteiger partial charge in [0.15, 0.2) is 0 Å². The van der Waals surface area contributed by atoms with Crippen molar-refractivity contribution in [2.75, 3.05) is 25.7 Å². The number of hydrogen-bond donors (Lipinski definition) is 2. The molecule has 1 aromatic heterocycles. The van der Waals surface area contributed by atoms with Gasteiger partial charge in [-0.1, -0.05) is 23.9 Å². The van der Waals surface area contributed by atoms with Crippen LogP contribution in [0.4, 0.5) is 4.39 Å². The van der Waals surface area contributed by atoms with Gasteiger partial charge >= 0.3 is 0 Å². The number of thioether (sulfide) groups is 1. The number of fused-ring (bicyclic) bond motifs is 1. The number of methoxy groups -OCH3 is 1. The zero-order valence-electron chi connectivity index (χ0n) is 13.3. The number of rotatable bonds is 5. The van der Waals surface area contributed by atoms with Crippen LogP contribution in [0.5, 0.6) is 0 Å². The molecule has 9 heteroatoms. The van der Waals surface area contributed by atoms with Crippen molar-refractivity contribution in [2.45, 2.75) is 23.4 Å². The van der Waals surface area contributed by atoms with Crippen LogP contribution in [0.1, 0.15) is 17.4 Å². The maximum absolute atomic E-state index is 13.2. The third-order valence-corrected chi connectivity index (χ3v) is 4.91. The topological polar surface area (TPSA) is 81.1 Å². The molecule has 7 nitrogen and oxygen atoms in total. The Morgan fingerprint density at radius 1 is 1.42 bits per heavy atom. The number of aryl methyl sites for hydroxylation is 1. The van der Waals surface area contributed by atoms with Crippen LogP contribution < -0.4 is 10.7 Å². The molecule has 24 heavy (non-hydrogen) atoms. The van der Waals surface area contributed by atoms with Gasteiger partial charge < -0.3 is 15.5 Å². The molecule has 2 N–H and O–H groups in total. The minimum absolute atomic E-state index is 0.134. The molecule has 0 unspecified atom stereocenters. The molecular formula is C15H18FN5O2S. The van der Waals surface area contributed by atoms with Crippen LogP contribution in [0, 0.1) is 12.7 Å². The lowest BCUT2D eigenvalue weighted by atomic mass is 10.0.